The third-order valence-electron chi connectivity index (χ3n) is 3.20. The monoisotopic (exact) mass is 234 g/mol. The van der Waals surface area contributed by atoms with E-state index in [-0.39, 0.29) is 5.25 Å². The number of nitrogens with zero attached hydrogens (tertiary/aromatic N) is 1. The molecule has 16 heavy (non-hydrogen) atoms. The Balaban J connectivity index is 1.70. The smallest absolute Gasteiger partial charge is 0.236 e. The van der Waals surface area contributed by atoms with Gasteiger partial charge in [-0.25, -0.2) is 0 Å². The number of nitrogen functional groups attached to an aromatic ring is 1. The number of carbonyl (C=O) groups is 1. The zero-order chi connectivity index (χ0) is 11.1. The topological polar surface area (TPSA) is 46.3 Å². The Labute approximate surface area is 99.0 Å². The summed E-state index contributed by atoms with van der Waals surface area (Å²) in [6.45, 7) is 1.64. The predicted octanol–water partition coefficient (Wildman–Crippen LogP) is 1.49. The van der Waals surface area contributed by atoms with Gasteiger partial charge in [0.2, 0.25) is 5.91 Å². The summed E-state index contributed by atoms with van der Waals surface area (Å²) in [4.78, 5) is 13.9. The second-order valence-electron chi connectivity index (χ2n) is 4.44. The van der Waals surface area contributed by atoms with Gasteiger partial charge in [-0.15, -0.1) is 11.8 Å². The second kappa shape index (κ2) is 3.70. The maximum absolute atomic E-state index is 11.9. The van der Waals surface area contributed by atoms with Crippen molar-refractivity contribution in [1.82, 2.24) is 4.90 Å². The van der Waals surface area contributed by atoms with Gasteiger partial charge in [0.15, 0.2) is 0 Å². The van der Waals surface area contributed by atoms with E-state index in [9.17, 15) is 4.79 Å². The van der Waals surface area contributed by atoms with Crippen LogP contribution in [0.5, 0.6) is 0 Å². The molecule has 2 bridgehead atoms. The first-order valence-corrected chi connectivity index (χ1v) is 6.45. The van der Waals surface area contributed by atoms with Crippen molar-refractivity contribution in [2.75, 3.05) is 12.3 Å². The minimum Gasteiger partial charge on any atom is -0.399 e. The van der Waals surface area contributed by atoms with E-state index in [0.29, 0.717) is 11.2 Å². The molecule has 1 aromatic carbocycles. The minimum absolute atomic E-state index is 0.243. The molecule has 3 saturated heterocycles. The van der Waals surface area contributed by atoms with Crippen LogP contribution in [0, 0.1) is 0 Å². The lowest BCUT2D eigenvalue weighted by Gasteiger charge is -2.45. The van der Waals surface area contributed by atoms with Gasteiger partial charge >= 0.3 is 0 Å². The lowest BCUT2D eigenvalue weighted by molar-refractivity contribution is -0.134. The van der Waals surface area contributed by atoms with E-state index in [1.165, 1.54) is 0 Å². The van der Waals surface area contributed by atoms with Crippen LogP contribution in [0.2, 0.25) is 0 Å². The Bertz CT molecular complexity index is 412. The number of hydrogen-bond acceptors (Lipinski definition) is 3. The molecule has 3 aliphatic rings. The average molecular weight is 234 g/mol. The first-order valence-electron chi connectivity index (χ1n) is 5.51. The standard InChI is InChI=1S/C12H14N2OS/c13-9-3-1-8(2-4-9)6-14-7-10-5-11(16-10)12(14)15/h1-4,10-11H,5-7,13H2. The molecule has 2 N–H and O–H groups in total. The zero-order valence-corrected chi connectivity index (χ0v) is 9.74. The number of nitrogens with two attached hydrogens (primary N) is 1. The van der Waals surface area contributed by atoms with Crippen molar-refractivity contribution in [3.63, 3.8) is 0 Å². The van der Waals surface area contributed by atoms with E-state index in [4.69, 9.17) is 5.73 Å². The number of thioether (sulfide) groups is 1. The number of piperidine rings is 1. The zero-order valence-electron chi connectivity index (χ0n) is 8.93. The van der Waals surface area contributed by atoms with Crippen molar-refractivity contribution in [2.24, 2.45) is 0 Å². The molecule has 4 heteroatoms. The van der Waals surface area contributed by atoms with Gasteiger partial charge in [-0.2, -0.15) is 0 Å². The Hall–Kier alpha value is -1.16. The lowest BCUT2D eigenvalue weighted by atomic mass is 10.1. The number of rotatable bonds is 2. The molecular formula is C12H14N2OS. The fourth-order valence-electron chi connectivity index (χ4n) is 2.26. The van der Waals surface area contributed by atoms with E-state index in [2.05, 4.69) is 0 Å². The highest BCUT2D eigenvalue weighted by Gasteiger charge is 2.44. The van der Waals surface area contributed by atoms with Crippen LogP contribution < -0.4 is 5.73 Å². The highest BCUT2D eigenvalue weighted by molar-refractivity contribution is 8.02. The summed E-state index contributed by atoms with van der Waals surface area (Å²) in [7, 11) is 0. The molecule has 0 spiro atoms. The van der Waals surface area contributed by atoms with Gasteiger partial charge < -0.3 is 10.6 Å². The second-order valence-corrected chi connectivity index (χ2v) is 5.95. The van der Waals surface area contributed by atoms with Crippen LogP contribution in [-0.2, 0) is 11.3 Å². The maximum atomic E-state index is 11.9. The third-order valence-corrected chi connectivity index (χ3v) is 4.65. The highest BCUT2D eigenvalue weighted by Crippen LogP contribution is 2.42. The molecule has 4 rings (SSSR count). The lowest BCUT2D eigenvalue weighted by Crippen LogP contribution is -2.54. The molecular weight excluding hydrogens is 220 g/mol. The van der Waals surface area contributed by atoms with Crippen LogP contribution in [-0.4, -0.2) is 27.9 Å². The van der Waals surface area contributed by atoms with Crippen molar-refractivity contribution in [1.29, 1.82) is 0 Å². The van der Waals surface area contributed by atoms with Crippen LogP contribution in [0.25, 0.3) is 0 Å². The molecule has 0 radical (unpaired) electrons. The number of carbonyl (C=O) groups excluding carboxylic acids is 1. The number of benzene rings is 1. The molecule has 0 aromatic heterocycles. The van der Waals surface area contributed by atoms with Gasteiger partial charge in [0.25, 0.3) is 0 Å². The average Bonchev–Trinajstić information content (AvgIpc) is 2.22. The Morgan fingerprint density at radius 3 is 2.69 bits per heavy atom. The molecule has 0 aliphatic carbocycles. The minimum atomic E-state index is 0.243. The summed E-state index contributed by atoms with van der Waals surface area (Å²) in [5.41, 5.74) is 7.56. The number of hydrogen-bond donors (Lipinski definition) is 1. The molecule has 1 amide bonds. The predicted molar refractivity (Wildman–Crippen MR) is 66.1 cm³/mol. The van der Waals surface area contributed by atoms with E-state index in [1.807, 2.05) is 40.9 Å². The van der Waals surface area contributed by atoms with Gasteiger partial charge in [-0.1, -0.05) is 12.1 Å². The molecule has 2 atom stereocenters. The first-order chi connectivity index (χ1) is 7.72. The first kappa shape index (κ1) is 10.0. The largest absolute Gasteiger partial charge is 0.399 e. The third kappa shape index (κ3) is 1.67. The van der Waals surface area contributed by atoms with Crippen LogP contribution in [0.1, 0.15) is 12.0 Å². The summed E-state index contributed by atoms with van der Waals surface area (Å²) in [5, 5.41) is 0.920. The normalized spacial score (nSPS) is 27.8. The Morgan fingerprint density at radius 1 is 1.38 bits per heavy atom. The van der Waals surface area contributed by atoms with Gasteiger partial charge in [0.05, 0.1) is 5.25 Å². The number of anilines is 1. The number of amides is 1. The van der Waals surface area contributed by atoms with E-state index < -0.39 is 0 Å². The molecule has 84 valence electrons. The van der Waals surface area contributed by atoms with Crippen LogP contribution in [0.15, 0.2) is 24.3 Å². The van der Waals surface area contributed by atoms with Crippen LogP contribution in [0.3, 0.4) is 0 Å². The molecule has 1 aromatic rings. The van der Waals surface area contributed by atoms with E-state index in [1.54, 1.807) is 0 Å². The van der Waals surface area contributed by atoms with Gasteiger partial charge in [0, 0.05) is 24.0 Å². The summed E-state index contributed by atoms with van der Waals surface area (Å²) in [5.74, 6) is 0.310. The fraction of sp³-hybridized carbons (Fsp3) is 0.417. The molecule has 3 aliphatic heterocycles. The van der Waals surface area contributed by atoms with Crippen LogP contribution in [0.4, 0.5) is 5.69 Å². The summed E-state index contributed by atoms with van der Waals surface area (Å²) in [6, 6.07) is 7.77. The van der Waals surface area contributed by atoms with Crippen molar-refractivity contribution >= 4 is 23.4 Å². The number of fused-ring (bicyclic) bond motifs is 2. The highest BCUT2D eigenvalue weighted by atomic mass is 32.2. The molecule has 3 heterocycles. The molecule has 3 nitrogen and oxygen atoms in total. The summed E-state index contributed by atoms with van der Waals surface area (Å²) in [6.07, 6.45) is 1.09. The van der Waals surface area contributed by atoms with Crippen molar-refractivity contribution < 1.29 is 4.79 Å². The van der Waals surface area contributed by atoms with Crippen LogP contribution >= 0.6 is 11.8 Å². The molecule has 2 unspecified atom stereocenters. The summed E-state index contributed by atoms with van der Waals surface area (Å²) < 4.78 is 0. The molecule has 3 fully saturated rings. The fourth-order valence-corrected chi connectivity index (χ4v) is 3.55. The SMILES string of the molecule is Nc1ccc(CN2CC3CC(S3)C2=O)cc1. The van der Waals surface area contributed by atoms with E-state index in [0.717, 1.165) is 30.8 Å². The quantitative estimate of drug-likeness (QED) is 0.789. The van der Waals surface area contributed by atoms with Crippen molar-refractivity contribution in [3.05, 3.63) is 29.8 Å². The summed E-state index contributed by atoms with van der Waals surface area (Å²) >= 11 is 1.83. The van der Waals surface area contributed by atoms with E-state index >= 15 is 0 Å². The Kier molecular flexibility index (Phi) is 2.32. The van der Waals surface area contributed by atoms with Gasteiger partial charge in [0.1, 0.15) is 0 Å². The van der Waals surface area contributed by atoms with Crippen molar-refractivity contribution in [2.45, 2.75) is 23.5 Å². The molecule has 0 saturated carbocycles. The Morgan fingerprint density at radius 2 is 2.06 bits per heavy atom. The van der Waals surface area contributed by atoms with Gasteiger partial charge in [-0.3, -0.25) is 4.79 Å². The maximum Gasteiger partial charge on any atom is 0.236 e. The van der Waals surface area contributed by atoms with Gasteiger partial charge in [-0.05, 0) is 24.1 Å². The van der Waals surface area contributed by atoms with Crippen molar-refractivity contribution in [3.8, 4) is 0 Å².